The van der Waals surface area contributed by atoms with Crippen molar-refractivity contribution in [3.8, 4) is 0 Å². The monoisotopic (exact) mass is 224 g/mol. The van der Waals surface area contributed by atoms with Gasteiger partial charge in [-0.05, 0) is 26.8 Å². The zero-order valence-corrected chi connectivity index (χ0v) is 10.8. The van der Waals surface area contributed by atoms with Crippen LogP contribution in [0.3, 0.4) is 0 Å². The van der Waals surface area contributed by atoms with E-state index < -0.39 is 0 Å². The zero-order valence-electron chi connectivity index (χ0n) is 10.8. The number of hydrogen-bond donors (Lipinski definition) is 0. The first-order chi connectivity index (χ1) is 7.83. The topological polar surface area (TPSA) is 15.7 Å². The molecule has 0 aromatic heterocycles. The van der Waals surface area contributed by atoms with Gasteiger partial charge in [0, 0.05) is 26.2 Å². The average molecular weight is 224 g/mol. The minimum atomic E-state index is 0.842. The van der Waals surface area contributed by atoms with E-state index in [1.165, 1.54) is 5.82 Å². The normalized spacial score (nSPS) is 18.2. The fourth-order valence-electron chi connectivity index (χ4n) is 1.93. The summed E-state index contributed by atoms with van der Waals surface area (Å²) in [4.78, 5) is 4.81. The summed E-state index contributed by atoms with van der Waals surface area (Å²) < 4.78 is 5.40. The molecule has 3 nitrogen and oxygen atoms in total. The largest absolute Gasteiger partial charge is 0.378 e. The van der Waals surface area contributed by atoms with E-state index in [0.29, 0.717) is 0 Å². The first-order valence-corrected chi connectivity index (χ1v) is 6.24. The van der Waals surface area contributed by atoms with Gasteiger partial charge in [-0.1, -0.05) is 12.2 Å². The standard InChI is InChI=1S/C13H24N2O/c1-4-7-8-13(14(5-2)6-3)15-9-11-16-12-10-15/h4,7-8H,5-6,9-12H2,1-3H3/b7-4+,13-8+. The number of allylic oxidation sites excluding steroid dienone is 3. The SMILES string of the molecule is C/C=C/C=C(\N(CC)CC)N1CCOCC1. The van der Waals surface area contributed by atoms with Gasteiger partial charge in [-0.25, -0.2) is 0 Å². The molecule has 0 bridgehead atoms. The van der Waals surface area contributed by atoms with E-state index >= 15 is 0 Å². The Morgan fingerprint density at radius 1 is 1.25 bits per heavy atom. The predicted octanol–water partition coefficient (Wildman–Crippen LogP) is 2.08. The fraction of sp³-hybridized carbons (Fsp3) is 0.692. The van der Waals surface area contributed by atoms with Crippen LogP contribution in [-0.2, 0) is 4.74 Å². The Hall–Kier alpha value is -0.960. The van der Waals surface area contributed by atoms with Gasteiger partial charge in [0.2, 0.25) is 0 Å². The van der Waals surface area contributed by atoms with Gasteiger partial charge in [0.15, 0.2) is 0 Å². The minimum Gasteiger partial charge on any atom is -0.378 e. The third-order valence-corrected chi connectivity index (χ3v) is 2.86. The summed E-state index contributed by atoms with van der Waals surface area (Å²) >= 11 is 0. The molecule has 0 spiro atoms. The Kier molecular flexibility index (Phi) is 6.01. The van der Waals surface area contributed by atoms with Crippen molar-refractivity contribution >= 4 is 0 Å². The molecule has 1 aliphatic heterocycles. The lowest BCUT2D eigenvalue weighted by Gasteiger charge is -2.37. The van der Waals surface area contributed by atoms with Gasteiger partial charge in [0.05, 0.1) is 13.2 Å². The smallest absolute Gasteiger partial charge is 0.104 e. The molecule has 0 saturated carbocycles. The number of morpholine rings is 1. The molecular formula is C13H24N2O. The van der Waals surface area contributed by atoms with Crippen LogP contribution < -0.4 is 0 Å². The first kappa shape index (κ1) is 13.1. The molecule has 0 N–H and O–H groups in total. The Bertz CT molecular complexity index is 238. The summed E-state index contributed by atoms with van der Waals surface area (Å²) in [6.45, 7) is 12.2. The molecule has 0 amide bonds. The Balaban J connectivity index is 2.76. The maximum Gasteiger partial charge on any atom is 0.104 e. The second-order valence-corrected chi connectivity index (χ2v) is 3.82. The molecule has 1 rings (SSSR count). The maximum absolute atomic E-state index is 5.40. The highest BCUT2D eigenvalue weighted by molar-refractivity contribution is 5.11. The van der Waals surface area contributed by atoms with Gasteiger partial charge >= 0.3 is 0 Å². The van der Waals surface area contributed by atoms with Gasteiger partial charge in [0.1, 0.15) is 5.82 Å². The van der Waals surface area contributed by atoms with Crippen LogP contribution in [0.2, 0.25) is 0 Å². The molecule has 0 aromatic rings. The molecule has 0 atom stereocenters. The van der Waals surface area contributed by atoms with Crippen LogP contribution in [0.1, 0.15) is 20.8 Å². The maximum atomic E-state index is 5.40. The quantitative estimate of drug-likeness (QED) is 0.665. The third-order valence-electron chi connectivity index (χ3n) is 2.86. The molecule has 0 aromatic carbocycles. The van der Waals surface area contributed by atoms with Gasteiger partial charge in [-0.3, -0.25) is 0 Å². The summed E-state index contributed by atoms with van der Waals surface area (Å²) in [7, 11) is 0. The Labute approximate surface area is 99.4 Å². The van der Waals surface area contributed by atoms with Crippen LogP contribution in [0, 0.1) is 0 Å². The molecule has 1 fully saturated rings. The van der Waals surface area contributed by atoms with Crippen molar-refractivity contribution < 1.29 is 4.74 Å². The summed E-state index contributed by atoms with van der Waals surface area (Å²) in [6, 6.07) is 0. The van der Waals surface area contributed by atoms with Gasteiger partial charge < -0.3 is 14.5 Å². The molecule has 0 unspecified atom stereocenters. The van der Waals surface area contributed by atoms with E-state index in [1.54, 1.807) is 0 Å². The summed E-state index contributed by atoms with van der Waals surface area (Å²) in [6.07, 6.45) is 6.39. The highest BCUT2D eigenvalue weighted by atomic mass is 16.5. The molecule has 1 aliphatic rings. The highest BCUT2D eigenvalue weighted by Gasteiger charge is 2.16. The molecule has 1 saturated heterocycles. The van der Waals surface area contributed by atoms with Crippen molar-refractivity contribution in [2.24, 2.45) is 0 Å². The molecule has 1 heterocycles. The lowest BCUT2D eigenvalue weighted by atomic mass is 10.3. The van der Waals surface area contributed by atoms with Crippen molar-refractivity contribution in [3.05, 3.63) is 24.0 Å². The van der Waals surface area contributed by atoms with Crippen molar-refractivity contribution in [2.75, 3.05) is 39.4 Å². The van der Waals surface area contributed by atoms with Gasteiger partial charge in [0.25, 0.3) is 0 Å². The Morgan fingerprint density at radius 2 is 1.88 bits per heavy atom. The van der Waals surface area contributed by atoms with Crippen LogP contribution >= 0.6 is 0 Å². The minimum absolute atomic E-state index is 0.842. The van der Waals surface area contributed by atoms with Gasteiger partial charge in [-0.2, -0.15) is 0 Å². The van der Waals surface area contributed by atoms with E-state index in [-0.39, 0.29) is 0 Å². The van der Waals surface area contributed by atoms with Crippen molar-refractivity contribution in [1.82, 2.24) is 9.80 Å². The number of rotatable bonds is 5. The van der Waals surface area contributed by atoms with Crippen LogP contribution in [0.5, 0.6) is 0 Å². The van der Waals surface area contributed by atoms with E-state index in [0.717, 1.165) is 39.4 Å². The second-order valence-electron chi connectivity index (χ2n) is 3.82. The summed E-state index contributed by atoms with van der Waals surface area (Å²) in [5.74, 6) is 1.33. The van der Waals surface area contributed by atoms with Crippen LogP contribution in [0.25, 0.3) is 0 Å². The average Bonchev–Trinajstić information content (AvgIpc) is 2.35. The van der Waals surface area contributed by atoms with Crippen LogP contribution in [0.15, 0.2) is 24.0 Å². The van der Waals surface area contributed by atoms with Crippen molar-refractivity contribution in [1.29, 1.82) is 0 Å². The molecule has 0 aliphatic carbocycles. The lowest BCUT2D eigenvalue weighted by Crippen LogP contribution is -2.42. The van der Waals surface area contributed by atoms with Crippen LogP contribution in [-0.4, -0.2) is 49.2 Å². The molecule has 16 heavy (non-hydrogen) atoms. The van der Waals surface area contributed by atoms with Crippen LogP contribution in [0.4, 0.5) is 0 Å². The summed E-state index contributed by atoms with van der Waals surface area (Å²) in [5.41, 5.74) is 0. The number of nitrogens with zero attached hydrogens (tertiary/aromatic N) is 2. The fourth-order valence-corrected chi connectivity index (χ4v) is 1.93. The van der Waals surface area contributed by atoms with Gasteiger partial charge in [-0.15, -0.1) is 0 Å². The van der Waals surface area contributed by atoms with E-state index in [2.05, 4.69) is 48.8 Å². The molecule has 3 heteroatoms. The van der Waals surface area contributed by atoms with Crippen molar-refractivity contribution in [3.63, 3.8) is 0 Å². The lowest BCUT2D eigenvalue weighted by molar-refractivity contribution is 0.0386. The van der Waals surface area contributed by atoms with E-state index in [4.69, 9.17) is 4.74 Å². The first-order valence-electron chi connectivity index (χ1n) is 6.24. The zero-order chi connectivity index (χ0) is 11.8. The number of ether oxygens (including phenoxy) is 1. The molecular weight excluding hydrogens is 200 g/mol. The van der Waals surface area contributed by atoms with E-state index in [1.807, 2.05) is 0 Å². The highest BCUT2D eigenvalue weighted by Crippen LogP contribution is 2.13. The predicted molar refractivity (Wildman–Crippen MR) is 68.2 cm³/mol. The molecule has 92 valence electrons. The second kappa shape index (κ2) is 7.34. The number of hydrogen-bond acceptors (Lipinski definition) is 3. The third kappa shape index (κ3) is 3.56. The summed E-state index contributed by atoms with van der Waals surface area (Å²) in [5, 5.41) is 0. The molecule has 0 radical (unpaired) electrons. The van der Waals surface area contributed by atoms with Crippen molar-refractivity contribution in [2.45, 2.75) is 20.8 Å². The Morgan fingerprint density at radius 3 is 2.38 bits per heavy atom. The van der Waals surface area contributed by atoms with E-state index in [9.17, 15) is 0 Å².